The van der Waals surface area contributed by atoms with Crippen molar-refractivity contribution in [2.24, 2.45) is 4.99 Å². The van der Waals surface area contributed by atoms with Crippen LogP contribution in [0.3, 0.4) is 0 Å². The second kappa shape index (κ2) is 5.99. The van der Waals surface area contributed by atoms with Crippen LogP contribution >= 0.6 is 0 Å². The number of aliphatic imine (C=N–C) groups is 1. The van der Waals surface area contributed by atoms with E-state index >= 15 is 0 Å². The third kappa shape index (κ3) is 3.06. The maximum Gasteiger partial charge on any atom is 0.167 e. The smallest absolute Gasteiger partial charge is 0.167 e. The Kier molecular flexibility index (Phi) is 3.69. The summed E-state index contributed by atoms with van der Waals surface area (Å²) in [6.07, 6.45) is 3.64. The number of nitrogens with zero attached hydrogens (tertiary/aromatic N) is 4. The third-order valence-corrected chi connectivity index (χ3v) is 5.31. The van der Waals surface area contributed by atoms with Gasteiger partial charge in [0.25, 0.3) is 0 Å². The summed E-state index contributed by atoms with van der Waals surface area (Å²) in [5.41, 5.74) is 2.76. The van der Waals surface area contributed by atoms with Crippen molar-refractivity contribution in [3.63, 3.8) is 0 Å². The number of morpholine rings is 1. The highest BCUT2D eigenvalue weighted by Gasteiger charge is 2.41. The molecule has 2 fully saturated rings. The van der Waals surface area contributed by atoms with Crippen LogP contribution in [0.4, 0.5) is 15.9 Å². The predicted octanol–water partition coefficient (Wildman–Crippen LogP) is 3.25. The van der Waals surface area contributed by atoms with Crippen molar-refractivity contribution in [3.05, 3.63) is 41.6 Å². The lowest BCUT2D eigenvalue weighted by Crippen LogP contribution is -2.41. The Morgan fingerprint density at radius 1 is 1.26 bits per heavy atom. The van der Waals surface area contributed by atoms with Crippen LogP contribution in [0.5, 0.6) is 5.75 Å². The number of aromatic nitrogens is 2. The minimum absolute atomic E-state index is 0.172. The summed E-state index contributed by atoms with van der Waals surface area (Å²) in [7, 11) is 0. The summed E-state index contributed by atoms with van der Waals surface area (Å²) in [6.45, 7) is 6.33. The molecule has 1 aliphatic carbocycles. The van der Waals surface area contributed by atoms with E-state index in [9.17, 15) is 4.39 Å². The Labute approximate surface area is 157 Å². The van der Waals surface area contributed by atoms with Gasteiger partial charge in [-0.05, 0) is 32.8 Å². The molecule has 0 amide bonds. The van der Waals surface area contributed by atoms with Gasteiger partial charge in [-0.25, -0.2) is 19.4 Å². The third-order valence-electron chi connectivity index (χ3n) is 5.31. The van der Waals surface area contributed by atoms with Crippen molar-refractivity contribution in [1.29, 1.82) is 0 Å². The van der Waals surface area contributed by atoms with Crippen LogP contribution in [0, 0.1) is 5.82 Å². The molecule has 2 aliphatic heterocycles. The van der Waals surface area contributed by atoms with Crippen LogP contribution in [0.2, 0.25) is 0 Å². The zero-order valence-electron chi connectivity index (χ0n) is 15.4. The van der Waals surface area contributed by atoms with E-state index in [1.165, 1.54) is 6.07 Å². The van der Waals surface area contributed by atoms with E-state index in [4.69, 9.17) is 9.47 Å². The maximum atomic E-state index is 14.3. The average molecular weight is 368 g/mol. The van der Waals surface area contributed by atoms with Gasteiger partial charge in [-0.15, -0.1) is 0 Å². The molecule has 2 aromatic rings. The van der Waals surface area contributed by atoms with Crippen LogP contribution in [0.25, 0.3) is 0 Å². The number of benzene rings is 1. The molecular formula is C20H21FN4O2. The maximum absolute atomic E-state index is 14.3. The van der Waals surface area contributed by atoms with Gasteiger partial charge >= 0.3 is 0 Å². The van der Waals surface area contributed by atoms with Gasteiger partial charge in [0.05, 0.1) is 29.8 Å². The zero-order valence-corrected chi connectivity index (χ0v) is 15.4. The summed E-state index contributed by atoms with van der Waals surface area (Å²) in [4.78, 5) is 15.4. The summed E-state index contributed by atoms with van der Waals surface area (Å²) in [5.74, 6) is 0.781. The van der Waals surface area contributed by atoms with Gasteiger partial charge in [0, 0.05) is 30.8 Å². The van der Waals surface area contributed by atoms with E-state index in [-0.39, 0.29) is 23.3 Å². The minimum Gasteiger partial charge on any atom is -0.484 e. The topological polar surface area (TPSA) is 59.8 Å². The van der Waals surface area contributed by atoms with Crippen LogP contribution in [0.15, 0.2) is 29.5 Å². The van der Waals surface area contributed by atoms with E-state index < -0.39 is 0 Å². The largest absolute Gasteiger partial charge is 0.484 e. The first kappa shape index (κ1) is 16.6. The van der Waals surface area contributed by atoms with Crippen LogP contribution in [-0.4, -0.2) is 47.1 Å². The highest BCUT2D eigenvalue weighted by atomic mass is 19.1. The molecule has 0 spiro atoms. The Morgan fingerprint density at radius 2 is 2.11 bits per heavy atom. The molecule has 1 saturated heterocycles. The highest BCUT2D eigenvalue weighted by molar-refractivity contribution is 6.21. The van der Waals surface area contributed by atoms with Crippen LogP contribution in [0.1, 0.15) is 37.9 Å². The molecule has 1 atom stereocenters. The highest BCUT2D eigenvalue weighted by Crippen LogP contribution is 2.43. The lowest BCUT2D eigenvalue weighted by atomic mass is 9.98. The number of halogens is 1. The van der Waals surface area contributed by atoms with Gasteiger partial charge in [-0.1, -0.05) is 0 Å². The van der Waals surface area contributed by atoms with Gasteiger partial charge in [0.1, 0.15) is 17.7 Å². The Bertz CT molecular complexity index is 942. The molecule has 0 N–H and O–H groups in total. The van der Waals surface area contributed by atoms with Crippen molar-refractivity contribution in [2.75, 3.05) is 24.6 Å². The number of ether oxygens (including phenoxy) is 2. The van der Waals surface area contributed by atoms with E-state index in [1.807, 2.05) is 13.0 Å². The molecule has 27 heavy (non-hydrogen) atoms. The van der Waals surface area contributed by atoms with Gasteiger partial charge in [-0.2, -0.15) is 0 Å². The fraction of sp³-hybridized carbons (Fsp3) is 0.450. The zero-order chi connectivity index (χ0) is 18.6. The summed E-state index contributed by atoms with van der Waals surface area (Å²) >= 11 is 0. The second-order valence-corrected chi connectivity index (χ2v) is 7.70. The molecule has 5 rings (SSSR count). The number of hydrogen-bond acceptors (Lipinski definition) is 6. The molecule has 3 aliphatic rings. The summed E-state index contributed by atoms with van der Waals surface area (Å²) in [5, 5.41) is 0. The first-order valence-electron chi connectivity index (χ1n) is 9.31. The standard InChI is InChI=1S/C20H21FN4O2/c1-12-10-25(5-6-26-12)18-9-16(22-11-23-18)19-13-7-17(27-20(2)3-4-20)14(21)8-15(13)24-19/h7-9,11-12H,3-6,10H2,1-2H3. The number of fused-ring (bicyclic) bond motifs is 1. The SMILES string of the molecule is CC1CN(c2cc(C3=Nc4cc(F)c(OC5(C)CC5)cc43)ncn2)CCO1. The van der Waals surface area contributed by atoms with E-state index in [0.717, 1.165) is 48.7 Å². The minimum atomic E-state index is -0.365. The fourth-order valence-electron chi connectivity index (χ4n) is 3.45. The molecule has 0 radical (unpaired) electrons. The Balaban J connectivity index is 1.42. The van der Waals surface area contributed by atoms with Crippen molar-refractivity contribution in [2.45, 2.75) is 38.4 Å². The Morgan fingerprint density at radius 3 is 2.89 bits per heavy atom. The molecule has 7 heteroatoms. The molecule has 1 aromatic heterocycles. The van der Waals surface area contributed by atoms with E-state index in [0.29, 0.717) is 12.3 Å². The van der Waals surface area contributed by atoms with Gasteiger partial charge in [0.15, 0.2) is 11.6 Å². The number of anilines is 1. The lowest BCUT2D eigenvalue weighted by Gasteiger charge is -2.32. The van der Waals surface area contributed by atoms with Crippen molar-refractivity contribution in [1.82, 2.24) is 9.97 Å². The molecule has 1 unspecified atom stereocenters. The van der Waals surface area contributed by atoms with Gasteiger partial charge in [-0.3, -0.25) is 0 Å². The molecule has 140 valence electrons. The molecular weight excluding hydrogens is 347 g/mol. The van der Waals surface area contributed by atoms with Crippen LogP contribution < -0.4 is 9.64 Å². The normalized spacial score (nSPS) is 22.6. The quantitative estimate of drug-likeness (QED) is 0.707. The predicted molar refractivity (Wildman–Crippen MR) is 99.6 cm³/mol. The summed E-state index contributed by atoms with van der Waals surface area (Å²) < 4.78 is 25.7. The second-order valence-electron chi connectivity index (χ2n) is 7.70. The first-order valence-corrected chi connectivity index (χ1v) is 9.31. The van der Waals surface area contributed by atoms with Crippen molar-refractivity contribution >= 4 is 17.2 Å². The monoisotopic (exact) mass is 368 g/mol. The molecule has 1 aromatic carbocycles. The fourth-order valence-corrected chi connectivity index (χ4v) is 3.45. The van der Waals surface area contributed by atoms with Gasteiger partial charge < -0.3 is 14.4 Å². The molecule has 1 saturated carbocycles. The lowest BCUT2D eigenvalue weighted by molar-refractivity contribution is 0.0529. The first-order chi connectivity index (χ1) is 13.0. The Hall–Kier alpha value is -2.54. The number of rotatable bonds is 4. The van der Waals surface area contributed by atoms with Gasteiger partial charge in [0.2, 0.25) is 0 Å². The summed E-state index contributed by atoms with van der Waals surface area (Å²) in [6, 6.07) is 5.12. The van der Waals surface area contributed by atoms with Crippen LogP contribution in [-0.2, 0) is 4.74 Å². The average Bonchev–Trinajstić information content (AvgIpc) is 3.37. The molecule has 3 heterocycles. The van der Waals surface area contributed by atoms with Crippen molar-refractivity contribution in [3.8, 4) is 5.75 Å². The van der Waals surface area contributed by atoms with E-state index in [1.54, 1.807) is 12.4 Å². The molecule has 0 bridgehead atoms. The number of hydrogen-bond donors (Lipinski definition) is 0. The molecule has 6 nitrogen and oxygen atoms in total. The van der Waals surface area contributed by atoms with Crippen molar-refractivity contribution < 1.29 is 13.9 Å². The van der Waals surface area contributed by atoms with E-state index in [2.05, 4.69) is 26.8 Å².